The lowest BCUT2D eigenvalue weighted by molar-refractivity contribution is 0.0664. The number of hydrogen-bond donors (Lipinski definition) is 1. The molecule has 166 valence electrons. The van der Waals surface area contributed by atoms with E-state index in [0.717, 1.165) is 48.9 Å². The van der Waals surface area contributed by atoms with Gasteiger partial charge >= 0.3 is 0 Å². The number of aromatic nitrogens is 1. The summed E-state index contributed by atoms with van der Waals surface area (Å²) in [7, 11) is 2.07. The Morgan fingerprint density at radius 3 is 2.34 bits per heavy atom. The van der Waals surface area contributed by atoms with Gasteiger partial charge in [0, 0.05) is 44.7 Å². The van der Waals surface area contributed by atoms with Gasteiger partial charge in [-0.2, -0.15) is 0 Å². The smallest absolute Gasteiger partial charge is 0.263 e. The van der Waals surface area contributed by atoms with Crippen LogP contribution in [-0.2, 0) is 13.0 Å². The molecule has 1 saturated heterocycles. The summed E-state index contributed by atoms with van der Waals surface area (Å²) in [6, 6.07) is 17.6. The minimum atomic E-state index is -0.114. The van der Waals surface area contributed by atoms with Crippen molar-refractivity contribution >= 4 is 23.2 Å². The normalized spacial score (nSPS) is 14.4. The van der Waals surface area contributed by atoms with Gasteiger partial charge in [-0.25, -0.2) is 4.98 Å². The maximum Gasteiger partial charge on any atom is 0.263 e. The predicted octanol–water partition coefficient (Wildman–Crippen LogP) is 3.36. The standard InChI is InChI=1S/C25H28N4O2S/c1-18-23(32-22(27-18)16-19-6-4-3-5-7-19)24(30)26-17-20-8-10-21(11-9-20)25(31)29-14-12-28(2)13-15-29/h3-11H,12-17H2,1-2H3,(H,26,30). The van der Waals surface area contributed by atoms with Crippen LogP contribution >= 0.6 is 11.3 Å². The third-order valence-corrected chi connectivity index (χ3v) is 6.85. The van der Waals surface area contributed by atoms with Crippen molar-refractivity contribution in [3.63, 3.8) is 0 Å². The van der Waals surface area contributed by atoms with Crippen LogP contribution in [0.5, 0.6) is 0 Å². The van der Waals surface area contributed by atoms with Crippen molar-refractivity contribution in [1.82, 2.24) is 20.1 Å². The number of nitrogens with zero attached hydrogens (tertiary/aromatic N) is 3. The van der Waals surface area contributed by atoms with Crippen LogP contribution in [0, 0.1) is 6.92 Å². The highest BCUT2D eigenvalue weighted by molar-refractivity contribution is 7.13. The van der Waals surface area contributed by atoms with Gasteiger partial charge < -0.3 is 15.1 Å². The maximum atomic E-state index is 12.7. The maximum absolute atomic E-state index is 12.7. The van der Waals surface area contributed by atoms with E-state index in [2.05, 4.69) is 34.4 Å². The SMILES string of the molecule is Cc1nc(Cc2ccccc2)sc1C(=O)NCc1ccc(C(=O)N2CCN(C)CC2)cc1. The molecule has 6 nitrogen and oxygen atoms in total. The molecular weight excluding hydrogens is 420 g/mol. The van der Waals surface area contributed by atoms with E-state index < -0.39 is 0 Å². The number of amides is 2. The number of likely N-dealkylation sites (N-methyl/N-ethyl adjacent to an activating group) is 1. The molecule has 0 aliphatic carbocycles. The summed E-state index contributed by atoms with van der Waals surface area (Å²) in [5.74, 6) is -0.0446. The second-order valence-electron chi connectivity index (χ2n) is 8.16. The molecule has 1 aliphatic heterocycles. The van der Waals surface area contributed by atoms with E-state index >= 15 is 0 Å². The van der Waals surface area contributed by atoms with Gasteiger partial charge in [-0.05, 0) is 37.2 Å². The first kappa shape index (κ1) is 22.2. The van der Waals surface area contributed by atoms with E-state index in [4.69, 9.17) is 0 Å². The Morgan fingerprint density at radius 2 is 1.66 bits per heavy atom. The molecule has 0 saturated carbocycles. The molecular formula is C25H28N4O2S. The number of piperazine rings is 1. The molecule has 3 aromatic rings. The van der Waals surface area contributed by atoms with Crippen LogP contribution in [0.15, 0.2) is 54.6 Å². The second-order valence-corrected chi connectivity index (χ2v) is 9.24. The van der Waals surface area contributed by atoms with Crippen molar-refractivity contribution in [3.8, 4) is 0 Å². The van der Waals surface area contributed by atoms with Gasteiger partial charge in [-0.3, -0.25) is 9.59 Å². The Morgan fingerprint density at radius 1 is 0.969 bits per heavy atom. The highest BCUT2D eigenvalue weighted by Gasteiger charge is 2.20. The zero-order chi connectivity index (χ0) is 22.5. The Kier molecular flexibility index (Phi) is 6.97. The largest absolute Gasteiger partial charge is 0.347 e. The lowest BCUT2D eigenvalue weighted by Crippen LogP contribution is -2.47. The molecule has 1 aliphatic rings. The van der Waals surface area contributed by atoms with Crippen LogP contribution in [0.2, 0.25) is 0 Å². The molecule has 0 atom stereocenters. The van der Waals surface area contributed by atoms with E-state index in [1.54, 1.807) is 0 Å². The van der Waals surface area contributed by atoms with Crippen molar-refractivity contribution in [2.24, 2.45) is 0 Å². The fourth-order valence-electron chi connectivity index (χ4n) is 3.73. The van der Waals surface area contributed by atoms with E-state index in [9.17, 15) is 9.59 Å². The van der Waals surface area contributed by atoms with Gasteiger partial charge in [0.25, 0.3) is 11.8 Å². The summed E-state index contributed by atoms with van der Waals surface area (Å²) >= 11 is 1.44. The highest BCUT2D eigenvalue weighted by atomic mass is 32.1. The topological polar surface area (TPSA) is 65.5 Å². The molecule has 32 heavy (non-hydrogen) atoms. The summed E-state index contributed by atoms with van der Waals surface area (Å²) in [6.07, 6.45) is 0.725. The fourth-order valence-corrected chi connectivity index (χ4v) is 4.74. The first-order chi connectivity index (χ1) is 15.5. The van der Waals surface area contributed by atoms with Crippen LogP contribution in [0.4, 0.5) is 0 Å². The number of benzene rings is 2. The minimum Gasteiger partial charge on any atom is -0.347 e. The number of carbonyl (C=O) groups excluding carboxylic acids is 2. The first-order valence-corrected chi connectivity index (χ1v) is 11.7. The molecule has 1 fully saturated rings. The highest BCUT2D eigenvalue weighted by Crippen LogP contribution is 2.21. The molecule has 1 aromatic heterocycles. The Hall–Kier alpha value is -3.03. The van der Waals surface area contributed by atoms with Gasteiger partial charge in [-0.1, -0.05) is 42.5 Å². The summed E-state index contributed by atoms with van der Waals surface area (Å²) in [6.45, 7) is 5.60. The molecule has 7 heteroatoms. The second kappa shape index (κ2) is 10.1. The summed E-state index contributed by atoms with van der Waals surface area (Å²) in [5.41, 5.74) is 3.58. The zero-order valence-electron chi connectivity index (χ0n) is 18.5. The Bertz CT molecular complexity index is 1070. The van der Waals surface area contributed by atoms with Gasteiger partial charge in [0.05, 0.1) is 10.7 Å². The Balaban J connectivity index is 1.32. The molecule has 4 rings (SSSR count). The van der Waals surface area contributed by atoms with Crippen LogP contribution in [-0.4, -0.2) is 59.8 Å². The average molecular weight is 449 g/mol. The number of nitrogens with one attached hydrogen (secondary N) is 1. The number of hydrogen-bond acceptors (Lipinski definition) is 5. The molecule has 0 spiro atoms. The quantitative estimate of drug-likeness (QED) is 0.628. The van der Waals surface area contributed by atoms with Gasteiger partial charge in [0.2, 0.25) is 0 Å². The van der Waals surface area contributed by atoms with Crippen LogP contribution in [0.3, 0.4) is 0 Å². The van der Waals surface area contributed by atoms with Crippen LogP contribution < -0.4 is 5.32 Å². The van der Waals surface area contributed by atoms with Gasteiger partial charge in [-0.15, -0.1) is 11.3 Å². The molecule has 0 radical (unpaired) electrons. The van der Waals surface area contributed by atoms with Crippen LogP contribution in [0.1, 0.15) is 41.9 Å². The average Bonchev–Trinajstić information content (AvgIpc) is 3.18. The summed E-state index contributed by atoms with van der Waals surface area (Å²) in [4.78, 5) is 34.7. The van der Waals surface area contributed by atoms with E-state index in [-0.39, 0.29) is 11.8 Å². The molecule has 2 amide bonds. The zero-order valence-corrected chi connectivity index (χ0v) is 19.3. The number of rotatable bonds is 6. The van der Waals surface area contributed by atoms with Crippen LogP contribution in [0.25, 0.3) is 0 Å². The first-order valence-electron chi connectivity index (χ1n) is 10.8. The number of aryl methyl sites for hydroxylation is 1. The molecule has 2 heterocycles. The molecule has 2 aromatic carbocycles. The summed E-state index contributed by atoms with van der Waals surface area (Å²) in [5, 5.41) is 3.92. The predicted molar refractivity (Wildman–Crippen MR) is 127 cm³/mol. The molecule has 0 bridgehead atoms. The van der Waals surface area contributed by atoms with Crippen molar-refractivity contribution in [2.45, 2.75) is 19.9 Å². The van der Waals surface area contributed by atoms with Crippen molar-refractivity contribution < 1.29 is 9.59 Å². The lowest BCUT2D eigenvalue weighted by atomic mass is 10.1. The number of thiazole rings is 1. The van der Waals surface area contributed by atoms with E-state index in [0.29, 0.717) is 17.0 Å². The van der Waals surface area contributed by atoms with Gasteiger partial charge in [0.1, 0.15) is 4.88 Å². The number of carbonyl (C=O) groups is 2. The van der Waals surface area contributed by atoms with Crippen molar-refractivity contribution in [1.29, 1.82) is 0 Å². The molecule has 1 N–H and O–H groups in total. The minimum absolute atomic E-state index is 0.0694. The van der Waals surface area contributed by atoms with Crippen molar-refractivity contribution in [3.05, 3.63) is 86.9 Å². The third-order valence-electron chi connectivity index (χ3n) is 5.69. The lowest BCUT2D eigenvalue weighted by Gasteiger charge is -2.32. The van der Waals surface area contributed by atoms with E-state index in [1.165, 1.54) is 16.9 Å². The van der Waals surface area contributed by atoms with Crippen molar-refractivity contribution in [2.75, 3.05) is 33.2 Å². The van der Waals surface area contributed by atoms with Gasteiger partial charge in [0.15, 0.2) is 0 Å². The molecule has 0 unspecified atom stereocenters. The Labute approximate surface area is 192 Å². The fraction of sp³-hybridized carbons (Fsp3) is 0.320. The third kappa shape index (κ3) is 5.41. The van der Waals surface area contributed by atoms with E-state index in [1.807, 2.05) is 54.3 Å². The monoisotopic (exact) mass is 448 g/mol. The summed E-state index contributed by atoms with van der Waals surface area (Å²) < 4.78 is 0.